The van der Waals surface area contributed by atoms with Crippen molar-refractivity contribution in [2.24, 2.45) is 0 Å². The van der Waals surface area contributed by atoms with Crippen LogP contribution in [-0.4, -0.2) is 13.7 Å². The molecule has 3 heterocycles. The number of allylic oxidation sites excluding steroid dienone is 4. The van der Waals surface area contributed by atoms with Gasteiger partial charge >= 0.3 is 0 Å². The molecule has 3 heteroatoms. The Kier molecular flexibility index (Phi) is 7.05. The summed E-state index contributed by atoms with van der Waals surface area (Å²) >= 11 is 0. The monoisotopic (exact) mass is 727 g/mol. The van der Waals surface area contributed by atoms with Crippen molar-refractivity contribution in [3.63, 3.8) is 0 Å². The van der Waals surface area contributed by atoms with Crippen LogP contribution in [0.5, 0.6) is 0 Å². The number of hydrogen-bond acceptors (Lipinski definition) is 0. The lowest BCUT2D eigenvalue weighted by molar-refractivity contribution is 1.02. The van der Waals surface area contributed by atoms with Crippen LogP contribution in [-0.2, 0) is 0 Å². The van der Waals surface area contributed by atoms with Crippen molar-refractivity contribution in [3.8, 4) is 33.6 Å². The highest BCUT2D eigenvalue weighted by Crippen LogP contribution is 2.41. The van der Waals surface area contributed by atoms with E-state index in [1.165, 1.54) is 105 Å². The molecule has 0 bridgehead atoms. The molecule has 0 saturated heterocycles. The number of hydrogen-bond donors (Lipinski definition) is 0. The maximum atomic E-state index is 2.46. The maximum Gasteiger partial charge on any atom is 0.0541 e. The Hall–Kier alpha value is -7.36. The van der Waals surface area contributed by atoms with Gasteiger partial charge in [-0.1, -0.05) is 109 Å². The molecule has 0 fully saturated rings. The summed E-state index contributed by atoms with van der Waals surface area (Å²) in [6, 6.07) is 67.0. The van der Waals surface area contributed by atoms with Gasteiger partial charge in [-0.05, 0) is 126 Å². The summed E-state index contributed by atoms with van der Waals surface area (Å²) in [5, 5.41) is 7.58. The van der Waals surface area contributed by atoms with E-state index in [9.17, 15) is 0 Å². The second kappa shape index (κ2) is 12.6. The van der Waals surface area contributed by atoms with E-state index in [2.05, 4.69) is 214 Å². The SMILES string of the molecule is C1=CC(n2c3ccc(-c4ccc5c(c4)c4ccccc4n5-c4ccccc4)cc3c3cc(-c4ccc5c(c4)c4ccccc4n5-c4ccccc4)ccc32)=CCC1. The molecule has 0 unspecified atom stereocenters. The molecular weight excluding hydrogens is 691 g/mol. The minimum absolute atomic E-state index is 1.05. The van der Waals surface area contributed by atoms with Gasteiger partial charge in [-0.3, -0.25) is 0 Å². The molecule has 1 aliphatic rings. The Morgan fingerprint density at radius 1 is 0.298 bits per heavy atom. The van der Waals surface area contributed by atoms with Crippen molar-refractivity contribution in [2.75, 3.05) is 0 Å². The van der Waals surface area contributed by atoms with Gasteiger partial charge in [0.1, 0.15) is 0 Å². The zero-order chi connectivity index (χ0) is 37.5. The standard InChI is InChI=1S/C54H37N3/c1-4-14-40(15-5-1)55-49-22-12-10-20-43(49)45-32-36(24-28-51(45)55)38-26-30-53-47(34-38)48-35-39(27-31-54(48)57(53)42-18-8-3-9-19-42)37-25-29-52-46(33-37)44-21-11-13-23-50(44)56(52)41-16-6-2-7-17-41/h1-2,4-8,10-35H,3,9H2. The molecule has 11 aromatic rings. The van der Waals surface area contributed by atoms with Gasteiger partial charge in [0.05, 0.1) is 33.1 Å². The fourth-order valence-electron chi connectivity index (χ4n) is 9.44. The molecule has 0 aliphatic heterocycles. The lowest BCUT2D eigenvalue weighted by Crippen LogP contribution is -1.97. The zero-order valence-corrected chi connectivity index (χ0v) is 31.3. The second-order valence-electron chi connectivity index (χ2n) is 15.2. The Bertz CT molecular complexity index is 3230. The third kappa shape index (κ3) is 4.92. The first-order valence-electron chi connectivity index (χ1n) is 19.9. The number of nitrogens with zero attached hydrogens (tertiary/aromatic N) is 3. The number of rotatable bonds is 5. The minimum atomic E-state index is 1.05. The average molecular weight is 728 g/mol. The van der Waals surface area contributed by atoms with Crippen LogP contribution >= 0.6 is 0 Å². The van der Waals surface area contributed by atoms with E-state index in [4.69, 9.17) is 0 Å². The summed E-state index contributed by atoms with van der Waals surface area (Å²) in [6.07, 6.45) is 9.11. The molecule has 268 valence electrons. The fraction of sp³-hybridized carbons (Fsp3) is 0.0370. The average Bonchev–Trinajstić information content (AvgIpc) is 3.92. The van der Waals surface area contributed by atoms with Crippen molar-refractivity contribution < 1.29 is 0 Å². The van der Waals surface area contributed by atoms with Gasteiger partial charge in [-0.15, -0.1) is 0 Å². The van der Waals surface area contributed by atoms with Crippen molar-refractivity contribution in [3.05, 3.63) is 200 Å². The maximum absolute atomic E-state index is 2.46. The summed E-state index contributed by atoms with van der Waals surface area (Å²) < 4.78 is 7.23. The van der Waals surface area contributed by atoms with Crippen LogP contribution in [0, 0.1) is 0 Å². The molecule has 57 heavy (non-hydrogen) atoms. The molecule has 0 N–H and O–H groups in total. The van der Waals surface area contributed by atoms with Crippen LogP contribution in [0.3, 0.4) is 0 Å². The first kappa shape index (κ1) is 31.9. The summed E-state index contributed by atoms with van der Waals surface area (Å²) in [7, 11) is 0. The van der Waals surface area contributed by atoms with Crippen molar-refractivity contribution in [1.29, 1.82) is 0 Å². The number of fused-ring (bicyclic) bond motifs is 9. The normalized spacial score (nSPS) is 13.2. The minimum Gasteiger partial charge on any atom is -0.310 e. The summed E-state index contributed by atoms with van der Waals surface area (Å²) in [6.45, 7) is 0. The quantitative estimate of drug-likeness (QED) is 0.168. The van der Waals surface area contributed by atoms with E-state index in [1.54, 1.807) is 0 Å². The highest BCUT2D eigenvalue weighted by molar-refractivity contribution is 6.15. The number of aromatic nitrogens is 3. The van der Waals surface area contributed by atoms with E-state index < -0.39 is 0 Å². The molecule has 3 nitrogen and oxygen atoms in total. The van der Waals surface area contributed by atoms with Crippen LogP contribution in [0.4, 0.5) is 0 Å². The van der Waals surface area contributed by atoms with E-state index in [0.717, 1.165) is 12.8 Å². The van der Waals surface area contributed by atoms with Crippen LogP contribution < -0.4 is 0 Å². The largest absolute Gasteiger partial charge is 0.310 e. The Balaban J connectivity index is 1.05. The van der Waals surface area contributed by atoms with E-state index in [1.807, 2.05) is 0 Å². The van der Waals surface area contributed by atoms with E-state index in [-0.39, 0.29) is 0 Å². The highest BCUT2D eigenvalue weighted by Gasteiger charge is 2.19. The summed E-state index contributed by atoms with van der Waals surface area (Å²) in [5.41, 5.74) is 15.8. The zero-order valence-electron chi connectivity index (χ0n) is 31.3. The molecule has 12 rings (SSSR count). The molecule has 8 aromatic carbocycles. The predicted molar refractivity (Wildman–Crippen MR) is 242 cm³/mol. The van der Waals surface area contributed by atoms with E-state index in [0.29, 0.717) is 0 Å². The van der Waals surface area contributed by atoms with Gasteiger partial charge in [0.15, 0.2) is 0 Å². The van der Waals surface area contributed by atoms with Crippen LogP contribution in [0.25, 0.3) is 105 Å². The van der Waals surface area contributed by atoms with Crippen molar-refractivity contribution in [2.45, 2.75) is 12.8 Å². The van der Waals surface area contributed by atoms with Gasteiger partial charge in [0, 0.05) is 49.4 Å². The fourth-order valence-corrected chi connectivity index (χ4v) is 9.44. The lowest BCUT2D eigenvalue weighted by atomic mass is 9.98. The number of para-hydroxylation sites is 4. The lowest BCUT2D eigenvalue weighted by Gasteiger charge is -2.12. The first-order valence-corrected chi connectivity index (χ1v) is 19.9. The van der Waals surface area contributed by atoms with Crippen molar-refractivity contribution in [1.82, 2.24) is 13.7 Å². The second-order valence-corrected chi connectivity index (χ2v) is 15.2. The van der Waals surface area contributed by atoms with Gasteiger partial charge < -0.3 is 13.7 Å². The van der Waals surface area contributed by atoms with Gasteiger partial charge in [-0.2, -0.15) is 0 Å². The van der Waals surface area contributed by atoms with Gasteiger partial charge in [0.2, 0.25) is 0 Å². The molecule has 0 radical (unpaired) electrons. The molecule has 3 aromatic heterocycles. The highest BCUT2D eigenvalue weighted by atomic mass is 15.0. The topological polar surface area (TPSA) is 14.8 Å². The van der Waals surface area contributed by atoms with Crippen LogP contribution in [0.1, 0.15) is 12.8 Å². The predicted octanol–water partition coefficient (Wildman–Crippen LogP) is 14.5. The summed E-state index contributed by atoms with van der Waals surface area (Å²) in [4.78, 5) is 0. The Labute approximate surface area is 330 Å². The van der Waals surface area contributed by atoms with E-state index >= 15 is 0 Å². The summed E-state index contributed by atoms with van der Waals surface area (Å²) in [5.74, 6) is 0. The molecule has 0 saturated carbocycles. The third-order valence-electron chi connectivity index (χ3n) is 12.0. The number of benzene rings is 8. The molecule has 0 amide bonds. The molecule has 1 aliphatic carbocycles. The van der Waals surface area contributed by atoms with Crippen LogP contribution in [0.2, 0.25) is 0 Å². The smallest absolute Gasteiger partial charge is 0.0541 e. The van der Waals surface area contributed by atoms with Crippen molar-refractivity contribution >= 4 is 71.1 Å². The third-order valence-corrected chi connectivity index (χ3v) is 12.0. The Morgan fingerprint density at radius 2 is 0.667 bits per heavy atom. The molecule has 0 atom stereocenters. The molecular formula is C54H37N3. The van der Waals surface area contributed by atoms with Gasteiger partial charge in [0.25, 0.3) is 0 Å². The first-order chi connectivity index (χ1) is 28.3. The van der Waals surface area contributed by atoms with Crippen LogP contribution in [0.15, 0.2) is 200 Å². The molecule has 0 spiro atoms. The Morgan fingerprint density at radius 3 is 1.09 bits per heavy atom. The van der Waals surface area contributed by atoms with Gasteiger partial charge in [-0.25, -0.2) is 0 Å².